The standard InChI is InChI=1S/C16H12N2S/c1-2-4-14(5-3-1)19-15-6-7-16(18-12-15)13-8-10-17-11-9-13/h1-12H. The van der Waals surface area contributed by atoms with Crippen molar-refractivity contribution in [2.24, 2.45) is 0 Å². The minimum atomic E-state index is 0.972. The summed E-state index contributed by atoms with van der Waals surface area (Å²) in [6.45, 7) is 0. The fraction of sp³-hybridized carbons (Fsp3) is 0. The smallest absolute Gasteiger partial charge is 0.0703 e. The summed E-state index contributed by atoms with van der Waals surface area (Å²) in [5, 5.41) is 0. The molecule has 3 heteroatoms. The van der Waals surface area contributed by atoms with Crippen LogP contribution in [0, 0.1) is 0 Å². The van der Waals surface area contributed by atoms with Crippen LogP contribution in [0.1, 0.15) is 0 Å². The summed E-state index contributed by atoms with van der Waals surface area (Å²) in [4.78, 5) is 10.9. The highest BCUT2D eigenvalue weighted by Gasteiger charge is 2.00. The number of nitrogens with zero attached hydrogens (tertiary/aromatic N) is 2. The summed E-state index contributed by atoms with van der Waals surface area (Å²) in [5.41, 5.74) is 2.06. The van der Waals surface area contributed by atoms with E-state index in [9.17, 15) is 0 Å². The lowest BCUT2D eigenvalue weighted by Crippen LogP contribution is -1.84. The Morgan fingerprint density at radius 2 is 1.53 bits per heavy atom. The van der Waals surface area contributed by atoms with Crippen molar-refractivity contribution >= 4 is 11.8 Å². The van der Waals surface area contributed by atoms with E-state index >= 15 is 0 Å². The molecule has 3 aromatic rings. The molecule has 0 bridgehead atoms. The zero-order chi connectivity index (χ0) is 12.9. The average molecular weight is 264 g/mol. The zero-order valence-corrected chi connectivity index (χ0v) is 11.0. The molecule has 0 atom stereocenters. The fourth-order valence-corrected chi connectivity index (χ4v) is 2.57. The Bertz CT molecular complexity index is 637. The van der Waals surface area contributed by atoms with Crippen molar-refractivity contribution < 1.29 is 0 Å². The van der Waals surface area contributed by atoms with Crippen LogP contribution in [-0.4, -0.2) is 9.97 Å². The second-order valence-electron chi connectivity index (χ2n) is 4.03. The Labute approximate surface area is 116 Å². The van der Waals surface area contributed by atoms with Crippen LogP contribution in [0.15, 0.2) is 83.0 Å². The van der Waals surface area contributed by atoms with Gasteiger partial charge < -0.3 is 0 Å². The van der Waals surface area contributed by atoms with E-state index in [0.717, 1.165) is 16.2 Å². The van der Waals surface area contributed by atoms with Crippen LogP contribution < -0.4 is 0 Å². The predicted octanol–water partition coefficient (Wildman–Crippen LogP) is 4.29. The number of hydrogen-bond donors (Lipinski definition) is 0. The summed E-state index contributed by atoms with van der Waals surface area (Å²) >= 11 is 1.72. The molecule has 2 nitrogen and oxygen atoms in total. The summed E-state index contributed by atoms with van der Waals surface area (Å²) < 4.78 is 0. The minimum Gasteiger partial charge on any atom is -0.265 e. The first kappa shape index (κ1) is 11.9. The second kappa shape index (κ2) is 5.67. The monoisotopic (exact) mass is 264 g/mol. The number of hydrogen-bond acceptors (Lipinski definition) is 3. The topological polar surface area (TPSA) is 25.8 Å². The molecular weight excluding hydrogens is 252 g/mol. The third-order valence-corrected chi connectivity index (χ3v) is 3.68. The van der Waals surface area contributed by atoms with Crippen molar-refractivity contribution in [1.29, 1.82) is 0 Å². The Hall–Kier alpha value is -2.13. The molecule has 3 rings (SSSR count). The van der Waals surface area contributed by atoms with Gasteiger partial charge in [-0.3, -0.25) is 9.97 Å². The fourth-order valence-electron chi connectivity index (χ4n) is 1.76. The molecule has 2 heterocycles. The van der Waals surface area contributed by atoms with Gasteiger partial charge in [0.25, 0.3) is 0 Å². The van der Waals surface area contributed by atoms with Gasteiger partial charge in [0.2, 0.25) is 0 Å². The number of benzene rings is 1. The van der Waals surface area contributed by atoms with Gasteiger partial charge in [0.05, 0.1) is 5.69 Å². The van der Waals surface area contributed by atoms with Crippen LogP contribution in [-0.2, 0) is 0 Å². The lowest BCUT2D eigenvalue weighted by atomic mass is 10.2. The first-order valence-electron chi connectivity index (χ1n) is 6.01. The van der Waals surface area contributed by atoms with E-state index in [4.69, 9.17) is 0 Å². The molecule has 0 fully saturated rings. The van der Waals surface area contributed by atoms with Gasteiger partial charge in [-0.25, -0.2) is 0 Å². The molecule has 92 valence electrons. The van der Waals surface area contributed by atoms with Gasteiger partial charge in [0.1, 0.15) is 0 Å². The molecule has 0 N–H and O–H groups in total. The van der Waals surface area contributed by atoms with Crippen LogP contribution in [0.2, 0.25) is 0 Å². The van der Waals surface area contributed by atoms with E-state index in [0.29, 0.717) is 0 Å². The predicted molar refractivity (Wildman–Crippen MR) is 78.0 cm³/mol. The van der Waals surface area contributed by atoms with Crippen LogP contribution in [0.25, 0.3) is 11.3 Å². The van der Waals surface area contributed by atoms with Crippen LogP contribution in [0.3, 0.4) is 0 Å². The van der Waals surface area contributed by atoms with Gasteiger partial charge in [-0.1, -0.05) is 30.0 Å². The summed E-state index contributed by atoms with van der Waals surface area (Å²) in [5.74, 6) is 0. The Balaban J connectivity index is 1.80. The van der Waals surface area contributed by atoms with Gasteiger partial charge in [-0.05, 0) is 36.4 Å². The SMILES string of the molecule is c1ccc(Sc2ccc(-c3ccncc3)nc2)cc1. The van der Waals surface area contributed by atoms with E-state index < -0.39 is 0 Å². The minimum absolute atomic E-state index is 0.972. The number of rotatable bonds is 3. The van der Waals surface area contributed by atoms with E-state index in [2.05, 4.69) is 28.2 Å². The molecule has 0 saturated heterocycles. The van der Waals surface area contributed by atoms with Gasteiger partial charge >= 0.3 is 0 Å². The average Bonchev–Trinajstić information content (AvgIpc) is 2.50. The summed E-state index contributed by atoms with van der Waals surface area (Å²) in [6.07, 6.45) is 5.47. The molecule has 0 aliphatic carbocycles. The third-order valence-electron chi connectivity index (χ3n) is 2.69. The summed E-state index contributed by atoms with van der Waals surface area (Å²) in [6, 6.07) is 18.4. The molecule has 0 unspecified atom stereocenters. The molecule has 2 aromatic heterocycles. The highest BCUT2D eigenvalue weighted by Crippen LogP contribution is 2.27. The van der Waals surface area contributed by atoms with E-state index in [1.165, 1.54) is 4.90 Å². The highest BCUT2D eigenvalue weighted by atomic mass is 32.2. The maximum atomic E-state index is 4.50. The van der Waals surface area contributed by atoms with Gasteiger partial charge in [0, 0.05) is 33.9 Å². The molecule has 0 aliphatic rings. The Kier molecular flexibility index (Phi) is 3.56. The van der Waals surface area contributed by atoms with Crippen molar-refractivity contribution in [1.82, 2.24) is 9.97 Å². The van der Waals surface area contributed by atoms with E-state index in [-0.39, 0.29) is 0 Å². The largest absolute Gasteiger partial charge is 0.265 e. The van der Waals surface area contributed by atoms with Crippen molar-refractivity contribution in [2.75, 3.05) is 0 Å². The highest BCUT2D eigenvalue weighted by molar-refractivity contribution is 7.99. The van der Waals surface area contributed by atoms with Crippen molar-refractivity contribution in [3.8, 4) is 11.3 Å². The first-order valence-corrected chi connectivity index (χ1v) is 6.83. The van der Waals surface area contributed by atoms with E-state index in [1.54, 1.807) is 24.2 Å². The maximum Gasteiger partial charge on any atom is 0.0703 e. The third kappa shape index (κ3) is 3.01. The van der Waals surface area contributed by atoms with Crippen molar-refractivity contribution in [2.45, 2.75) is 9.79 Å². The molecule has 0 radical (unpaired) electrons. The Morgan fingerprint density at radius 3 is 2.21 bits per heavy atom. The normalized spacial score (nSPS) is 10.3. The van der Waals surface area contributed by atoms with Gasteiger partial charge in [0.15, 0.2) is 0 Å². The first-order chi connectivity index (χ1) is 9.42. The van der Waals surface area contributed by atoms with Gasteiger partial charge in [-0.2, -0.15) is 0 Å². The Morgan fingerprint density at radius 1 is 0.737 bits per heavy atom. The van der Waals surface area contributed by atoms with E-state index in [1.807, 2.05) is 42.6 Å². The quantitative estimate of drug-likeness (QED) is 0.705. The second-order valence-corrected chi connectivity index (χ2v) is 5.18. The molecule has 0 aliphatic heterocycles. The van der Waals surface area contributed by atoms with Crippen molar-refractivity contribution in [3.05, 3.63) is 73.2 Å². The van der Waals surface area contributed by atoms with Crippen molar-refractivity contribution in [3.63, 3.8) is 0 Å². The molecule has 0 spiro atoms. The molecule has 0 saturated carbocycles. The maximum absolute atomic E-state index is 4.50. The lowest BCUT2D eigenvalue weighted by molar-refractivity contribution is 1.23. The molecule has 0 amide bonds. The van der Waals surface area contributed by atoms with Gasteiger partial charge in [-0.15, -0.1) is 0 Å². The molecule has 1 aromatic carbocycles. The molecular formula is C16H12N2S. The van der Waals surface area contributed by atoms with Crippen LogP contribution >= 0.6 is 11.8 Å². The summed E-state index contributed by atoms with van der Waals surface area (Å²) in [7, 11) is 0. The zero-order valence-electron chi connectivity index (χ0n) is 10.2. The molecule has 19 heavy (non-hydrogen) atoms. The lowest BCUT2D eigenvalue weighted by Gasteiger charge is -2.03. The number of aromatic nitrogens is 2. The van der Waals surface area contributed by atoms with Crippen LogP contribution in [0.5, 0.6) is 0 Å². The number of pyridine rings is 2. The van der Waals surface area contributed by atoms with Crippen LogP contribution in [0.4, 0.5) is 0 Å².